The molecule has 6 nitrogen and oxygen atoms in total. The first-order valence-corrected chi connectivity index (χ1v) is 10.3. The Morgan fingerprint density at radius 2 is 1.93 bits per heavy atom. The van der Waals surface area contributed by atoms with E-state index in [4.69, 9.17) is 21.1 Å². The quantitative estimate of drug-likeness (QED) is 0.348. The minimum atomic E-state index is -0.393. The predicted octanol–water partition coefficient (Wildman–Crippen LogP) is 5.24. The molecular weight excluding hydrogens is 470 g/mol. The molecule has 0 saturated heterocycles. The maximum absolute atomic E-state index is 12.0. The number of amides is 1. The van der Waals surface area contributed by atoms with Crippen LogP contribution in [0.4, 0.5) is 0 Å². The van der Waals surface area contributed by atoms with E-state index in [9.17, 15) is 4.79 Å². The molecule has 1 N–H and O–H groups in total. The Morgan fingerprint density at radius 3 is 2.63 bits per heavy atom. The summed E-state index contributed by atoms with van der Waals surface area (Å²) < 4.78 is 12.4. The summed E-state index contributed by atoms with van der Waals surface area (Å²) in [5.41, 5.74) is 4.45. The molecule has 0 saturated carbocycles. The molecular formula is C22H19BrClN3O3. The summed E-state index contributed by atoms with van der Waals surface area (Å²) in [7, 11) is 0. The van der Waals surface area contributed by atoms with Crippen LogP contribution in [0.2, 0.25) is 5.02 Å². The lowest BCUT2D eigenvalue weighted by atomic mass is 10.2. The molecule has 0 aliphatic rings. The maximum atomic E-state index is 12.0. The Balaban J connectivity index is 1.71. The van der Waals surface area contributed by atoms with Gasteiger partial charge in [0.25, 0.3) is 5.91 Å². The van der Waals surface area contributed by atoms with Gasteiger partial charge in [0.15, 0.2) is 11.5 Å². The van der Waals surface area contributed by atoms with Gasteiger partial charge in [0.2, 0.25) is 0 Å². The van der Waals surface area contributed by atoms with Crippen LogP contribution in [-0.4, -0.2) is 23.7 Å². The number of benzene rings is 2. The number of rotatable bonds is 8. The first-order valence-electron chi connectivity index (χ1n) is 9.15. The number of hydrogen-bond acceptors (Lipinski definition) is 5. The van der Waals surface area contributed by atoms with Gasteiger partial charge < -0.3 is 9.47 Å². The Kier molecular flexibility index (Phi) is 7.82. The summed E-state index contributed by atoms with van der Waals surface area (Å²) in [6.07, 6.45) is 3.07. The van der Waals surface area contributed by atoms with Crippen molar-refractivity contribution in [2.45, 2.75) is 13.5 Å². The molecule has 0 radical (unpaired) electrons. The molecule has 0 atom stereocenters. The molecule has 2 aromatic carbocycles. The van der Waals surface area contributed by atoms with E-state index in [0.29, 0.717) is 29.7 Å². The second kappa shape index (κ2) is 10.8. The van der Waals surface area contributed by atoms with E-state index in [1.807, 2.05) is 37.3 Å². The molecule has 0 aliphatic carbocycles. The number of aromatic nitrogens is 1. The molecule has 3 rings (SSSR count). The van der Waals surface area contributed by atoms with Crippen LogP contribution in [0.5, 0.6) is 11.5 Å². The Morgan fingerprint density at radius 1 is 1.17 bits per heavy atom. The lowest BCUT2D eigenvalue weighted by Crippen LogP contribution is -2.18. The minimum Gasteiger partial charge on any atom is -0.490 e. The Bertz CT molecular complexity index is 1030. The highest BCUT2D eigenvalue weighted by Crippen LogP contribution is 2.34. The summed E-state index contributed by atoms with van der Waals surface area (Å²) in [6.45, 7) is 2.75. The molecule has 0 unspecified atom stereocenters. The third-order valence-electron chi connectivity index (χ3n) is 3.94. The third-order valence-corrected chi connectivity index (χ3v) is 4.88. The number of hydrazone groups is 1. The van der Waals surface area contributed by atoms with Crippen LogP contribution in [0, 0.1) is 0 Å². The van der Waals surface area contributed by atoms with Gasteiger partial charge in [-0.1, -0.05) is 29.8 Å². The van der Waals surface area contributed by atoms with Crippen LogP contribution in [0.3, 0.4) is 0 Å². The van der Waals surface area contributed by atoms with E-state index < -0.39 is 5.91 Å². The predicted molar refractivity (Wildman–Crippen MR) is 120 cm³/mol. The lowest BCUT2D eigenvalue weighted by molar-refractivity contribution is 0.0950. The number of carbonyl (C=O) groups is 1. The summed E-state index contributed by atoms with van der Waals surface area (Å²) in [6, 6.07) is 16.1. The van der Waals surface area contributed by atoms with Crippen LogP contribution in [0.15, 0.2) is 70.4 Å². The highest BCUT2D eigenvalue weighted by Gasteiger charge is 2.11. The molecule has 8 heteroatoms. The largest absolute Gasteiger partial charge is 0.490 e. The standard InChI is InChI=1S/C22H19BrClN3O3/c1-2-29-20-11-16(13-26-27-22(28)19-5-3-4-10-25-19)18(23)12-21(20)30-14-15-6-8-17(24)9-7-15/h3-13H,2,14H2,1H3,(H,27,28)/b26-13-. The van der Waals surface area contributed by atoms with Crippen molar-refractivity contribution in [3.8, 4) is 11.5 Å². The van der Waals surface area contributed by atoms with Gasteiger partial charge in [0.05, 0.1) is 12.8 Å². The van der Waals surface area contributed by atoms with Crippen molar-refractivity contribution in [3.05, 3.63) is 87.1 Å². The van der Waals surface area contributed by atoms with Gasteiger partial charge in [0, 0.05) is 21.3 Å². The molecule has 30 heavy (non-hydrogen) atoms. The van der Waals surface area contributed by atoms with Gasteiger partial charge in [-0.05, 0) is 64.8 Å². The fourth-order valence-corrected chi connectivity index (χ4v) is 3.04. The van der Waals surface area contributed by atoms with Crippen molar-refractivity contribution in [1.29, 1.82) is 0 Å². The number of hydrogen-bond donors (Lipinski definition) is 1. The van der Waals surface area contributed by atoms with Crippen molar-refractivity contribution in [2.24, 2.45) is 5.10 Å². The zero-order valence-electron chi connectivity index (χ0n) is 16.1. The average Bonchev–Trinajstić information content (AvgIpc) is 2.76. The molecule has 3 aromatic rings. The van der Waals surface area contributed by atoms with E-state index in [-0.39, 0.29) is 5.69 Å². The number of nitrogens with zero attached hydrogens (tertiary/aromatic N) is 2. The first kappa shape index (κ1) is 21.8. The summed E-state index contributed by atoms with van der Waals surface area (Å²) >= 11 is 9.43. The number of nitrogens with one attached hydrogen (secondary N) is 1. The van der Waals surface area contributed by atoms with Crippen LogP contribution < -0.4 is 14.9 Å². The number of carbonyl (C=O) groups excluding carboxylic acids is 1. The Hall–Kier alpha value is -2.90. The molecule has 0 spiro atoms. The maximum Gasteiger partial charge on any atom is 0.289 e. The smallest absolute Gasteiger partial charge is 0.289 e. The van der Waals surface area contributed by atoms with Crippen LogP contribution in [0.25, 0.3) is 0 Å². The van der Waals surface area contributed by atoms with Gasteiger partial charge >= 0.3 is 0 Å². The van der Waals surface area contributed by atoms with E-state index >= 15 is 0 Å². The fourth-order valence-electron chi connectivity index (χ4n) is 2.49. The fraction of sp³-hybridized carbons (Fsp3) is 0.136. The molecule has 0 bridgehead atoms. The van der Waals surface area contributed by atoms with Crippen molar-refractivity contribution in [2.75, 3.05) is 6.61 Å². The van der Waals surface area contributed by atoms with Crippen LogP contribution in [0.1, 0.15) is 28.5 Å². The van der Waals surface area contributed by atoms with Gasteiger partial charge in [-0.15, -0.1) is 0 Å². The van der Waals surface area contributed by atoms with Crippen molar-refractivity contribution in [1.82, 2.24) is 10.4 Å². The van der Waals surface area contributed by atoms with Crippen molar-refractivity contribution < 1.29 is 14.3 Å². The van der Waals surface area contributed by atoms with Gasteiger partial charge in [-0.25, -0.2) is 5.43 Å². The summed E-state index contributed by atoms with van der Waals surface area (Å²) in [5.74, 6) is 0.774. The normalized spacial score (nSPS) is 10.8. The molecule has 0 fully saturated rings. The SMILES string of the molecule is CCOc1cc(/C=N\NC(=O)c2ccccn2)c(Br)cc1OCc1ccc(Cl)cc1. The van der Waals surface area contributed by atoms with E-state index in [1.165, 1.54) is 6.21 Å². The summed E-state index contributed by atoms with van der Waals surface area (Å²) in [4.78, 5) is 16.0. The number of pyridine rings is 1. The second-order valence-electron chi connectivity index (χ2n) is 6.08. The summed E-state index contributed by atoms with van der Waals surface area (Å²) in [5, 5.41) is 4.68. The second-order valence-corrected chi connectivity index (χ2v) is 7.37. The van der Waals surface area contributed by atoms with E-state index in [0.717, 1.165) is 15.6 Å². The van der Waals surface area contributed by atoms with Crippen LogP contribution >= 0.6 is 27.5 Å². The first-order chi connectivity index (χ1) is 14.6. The molecule has 1 aromatic heterocycles. The average molecular weight is 489 g/mol. The zero-order chi connectivity index (χ0) is 21.3. The number of halogens is 2. The van der Waals surface area contributed by atoms with Gasteiger partial charge in [0.1, 0.15) is 12.3 Å². The topological polar surface area (TPSA) is 72.8 Å². The van der Waals surface area contributed by atoms with Gasteiger partial charge in [-0.3, -0.25) is 9.78 Å². The third kappa shape index (κ3) is 6.05. The van der Waals surface area contributed by atoms with E-state index in [1.54, 1.807) is 30.5 Å². The minimum absolute atomic E-state index is 0.287. The van der Waals surface area contributed by atoms with Crippen LogP contribution in [-0.2, 0) is 6.61 Å². The zero-order valence-corrected chi connectivity index (χ0v) is 18.5. The van der Waals surface area contributed by atoms with E-state index in [2.05, 4.69) is 31.4 Å². The lowest BCUT2D eigenvalue weighted by Gasteiger charge is -2.14. The van der Waals surface area contributed by atoms with Crippen molar-refractivity contribution >= 4 is 39.7 Å². The molecule has 1 heterocycles. The van der Waals surface area contributed by atoms with Gasteiger partial charge in [-0.2, -0.15) is 5.10 Å². The number of ether oxygens (including phenoxy) is 2. The Labute approximate surface area is 188 Å². The highest BCUT2D eigenvalue weighted by atomic mass is 79.9. The molecule has 154 valence electrons. The molecule has 1 amide bonds. The monoisotopic (exact) mass is 487 g/mol. The van der Waals surface area contributed by atoms with Crippen molar-refractivity contribution in [3.63, 3.8) is 0 Å². The highest BCUT2D eigenvalue weighted by molar-refractivity contribution is 9.10. The molecule has 0 aliphatic heterocycles.